The van der Waals surface area contributed by atoms with Gasteiger partial charge in [-0.15, -0.1) is 0 Å². The van der Waals surface area contributed by atoms with Crippen LogP contribution in [0, 0.1) is 0 Å². The molecule has 3 nitrogen and oxygen atoms in total. The Morgan fingerprint density at radius 2 is 1.83 bits per heavy atom. The smallest absolute Gasteiger partial charge is 0.222 e. The van der Waals surface area contributed by atoms with Crippen LogP contribution in [-0.2, 0) is 4.79 Å². The van der Waals surface area contributed by atoms with Gasteiger partial charge in [-0.2, -0.15) is 0 Å². The van der Waals surface area contributed by atoms with Gasteiger partial charge >= 0.3 is 0 Å². The fourth-order valence-corrected chi connectivity index (χ4v) is 1.68. The summed E-state index contributed by atoms with van der Waals surface area (Å²) in [6.07, 6.45) is 1.47. The minimum atomic E-state index is 0.187. The highest BCUT2D eigenvalue weighted by molar-refractivity contribution is 5.75. The lowest BCUT2D eigenvalue weighted by atomic mass is 10.0. The third-order valence-corrected chi connectivity index (χ3v) is 2.97. The topological polar surface area (TPSA) is 32.3 Å². The fraction of sp³-hybridized carbons (Fsp3) is 0.533. The van der Waals surface area contributed by atoms with Crippen molar-refractivity contribution in [2.75, 3.05) is 26.0 Å². The number of hydrogen-bond acceptors (Lipinski definition) is 2. The molecule has 0 heterocycles. The molecule has 0 radical (unpaired) electrons. The first kappa shape index (κ1) is 14.6. The van der Waals surface area contributed by atoms with E-state index in [1.54, 1.807) is 19.0 Å². The summed E-state index contributed by atoms with van der Waals surface area (Å²) in [6, 6.07) is 8.50. The molecule has 1 rings (SSSR count). The predicted molar refractivity (Wildman–Crippen MR) is 76.9 cm³/mol. The highest BCUT2D eigenvalue weighted by Crippen LogP contribution is 2.17. The van der Waals surface area contributed by atoms with E-state index in [0.29, 0.717) is 12.3 Å². The number of carbonyl (C=O) groups is 1. The molecule has 1 aromatic carbocycles. The van der Waals surface area contributed by atoms with E-state index in [0.717, 1.165) is 18.7 Å². The van der Waals surface area contributed by atoms with Crippen LogP contribution in [0.3, 0.4) is 0 Å². The molecule has 0 aliphatic rings. The van der Waals surface area contributed by atoms with Crippen LogP contribution in [0.5, 0.6) is 0 Å². The molecule has 0 bridgehead atoms. The Balaban J connectivity index is 2.29. The molecule has 0 unspecified atom stereocenters. The van der Waals surface area contributed by atoms with Gasteiger partial charge in [0.2, 0.25) is 5.91 Å². The second-order valence-corrected chi connectivity index (χ2v) is 5.10. The Bertz CT molecular complexity index is 369. The summed E-state index contributed by atoms with van der Waals surface area (Å²) in [7, 11) is 3.58. The Kier molecular flexibility index (Phi) is 5.69. The van der Waals surface area contributed by atoms with Gasteiger partial charge in [0.1, 0.15) is 0 Å². The molecule has 1 amide bonds. The quantitative estimate of drug-likeness (QED) is 0.785. The summed E-state index contributed by atoms with van der Waals surface area (Å²) in [6.45, 7) is 5.21. The summed E-state index contributed by atoms with van der Waals surface area (Å²) < 4.78 is 0. The normalized spacial score (nSPS) is 10.5. The minimum absolute atomic E-state index is 0.187. The Hall–Kier alpha value is -1.51. The van der Waals surface area contributed by atoms with Gasteiger partial charge in [0.05, 0.1) is 0 Å². The number of benzene rings is 1. The van der Waals surface area contributed by atoms with Gasteiger partial charge in [0.15, 0.2) is 0 Å². The molecule has 0 saturated carbocycles. The number of nitrogens with zero attached hydrogens (tertiary/aromatic N) is 1. The van der Waals surface area contributed by atoms with Crippen molar-refractivity contribution < 1.29 is 4.79 Å². The largest absolute Gasteiger partial charge is 0.385 e. The average Bonchev–Trinajstić information content (AvgIpc) is 2.34. The lowest BCUT2D eigenvalue weighted by molar-refractivity contribution is -0.128. The molecule has 1 aromatic rings. The van der Waals surface area contributed by atoms with E-state index in [1.807, 2.05) is 0 Å². The van der Waals surface area contributed by atoms with E-state index in [-0.39, 0.29) is 5.91 Å². The lowest BCUT2D eigenvalue weighted by Gasteiger charge is -2.11. The van der Waals surface area contributed by atoms with Crippen LogP contribution in [0.15, 0.2) is 24.3 Å². The van der Waals surface area contributed by atoms with Gasteiger partial charge in [-0.05, 0) is 30.0 Å². The molecule has 0 aliphatic carbocycles. The van der Waals surface area contributed by atoms with Crippen LogP contribution in [-0.4, -0.2) is 31.4 Å². The van der Waals surface area contributed by atoms with Gasteiger partial charge in [-0.25, -0.2) is 0 Å². The van der Waals surface area contributed by atoms with Crippen molar-refractivity contribution in [2.24, 2.45) is 0 Å². The molecule has 18 heavy (non-hydrogen) atoms. The van der Waals surface area contributed by atoms with Crippen LogP contribution in [0.4, 0.5) is 5.69 Å². The molecule has 0 atom stereocenters. The van der Waals surface area contributed by atoms with Crippen molar-refractivity contribution in [1.29, 1.82) is 0 Å². The maximum Gasteiger partial charge on any atom is 0.222 e. The van der Waals surface area contributed by atoms with Crippen molar-refractivity contribution >= 4 is 11.6 Å². The van der Waals surface area contributed by atoms with Gasteiger partial charge in [-0.1, -0.05) is 26.0 Å². The van der Waals surface area contributed by atoms with Crippen molar-refractivity contribution in [2.45, 2.75) is 32.6 Å². The lowest BCUT2D eigenvalue weighted by Crippen LogP contribution is -2.22. The first-order chi connectivity index (χ1) is 8.50. The third-order valence-electron chi connectivity index (χ3n) is 2.97. The SMILES string of the molecule is CC(C)c1ccc(NCCCC(=O)N(C)C)cc1. The summed E-state index contributed by atoms with van der Waals surface area (Å²) in [5.74, 6) is 0.753. The minimum Gasteiger partial charge on any atom is -0.385 e. The number of rotatable bonds is 6. The van der Waals surface area contributed by atoms with Crippen LogP contribution in [0.1, 0.15) is 38.2 Å². The number of carbonyl (C=O) groups excluding carboxylic acids is 1. The van der Waals surface area contributed by atoms with Crippen molar-refractivity contribution in [1.82, 2.24) is 4.90 Å². The van der Waals surface area contributed by atoms with Crippen LogP contribution in [0.2, 0.25) is 0 Å². The predicted octanol–water partition coefficient (Wildman–Crippen LogP) is 3.09. The molecule has 1 N–H and O–H groups in total. The maximum atomic E-state index is 11.4. The van der Waals surface area contributed by atoms with Crippen molar-refractivity contribution in [3.8, 4) is 0 Å². The first-order valence-electron chi connectivity index (χ1n) is 6.54. The summed E-state index contributed by atoms with van der Waals surface area (Å²) >= 11 is 0. The van der Waals surface area contributed by atoms with E-state index in [4.69, 9.17) is 0 Å². The van der Waals surface area contributed by atoms with E-state index >= 15 is 0 Å². The average molecular weight is 248 g/mol. The molecular weight excluding hydrogens is 224 g/mol. The zero-order valence-corrected chi connectivity index (χ0v) is 11.9. The summed E-state index contributed by atoms with van der Waals surface area (Å²) in [5.41, 5.74) is 2.47. The van der Waals surface area contributed by atoms with Gasteiger partial charge in [0.25, 0.3) is 0 Å². The number of hydrogen-bond donors (Lipinski definition) is 1. The Morgan fingerprint density at radius 1 is 1.22 bits per heavy atom. The highest BCUT2D eigenvalue weighted by Gasteiger charge is 2.03. The Morgan fingerprint density at radius 3 is 2.33 bits per heavy atom. The molecule has 0 fully saturated rings. The molecule has 100 valence electrons. The fourth-order valence-electron chi connectivity index (χ4n) is 1.68. The summed E-state index contributed by atoms with van der Waals surface area (Å²) in [4.78, 5) is 13.0. The van der Waals surface area contributed by atoms with E-state index < -0.39 is 0 Å². The third kappa shape index (κ3) is 4.78. The standard InChI is InChI=1S/C15H24N2O/c1-12(2)13-7-9-14(10-8-13)16-11-5-6-15(18)17(3)4/h7-10,12,16H,5-6,11H2,1-4H3. The highest BCUT2D eigenvalue weighted by atomic mass is 16.2. The number of nitrogens with one attached hydrogen (secondary N) is 1. The number of amides is 1. The second kappa shape index (κ2) is 7.04. The van der Waals surface area contributed by atoms with E-state index in [9.17, 15) is 4.79 Å². The van der Waals surface area contributed by atoms with Gasteiger partial charge in [-0.3, -0.25) is 4.79 Å². The maximum absolute atomic E-state index is 11.4. The van der Waals surface area contributed by atoms with Gasteiger partial charge < -0.3 is 10.2 Å². The molecule has 0 spiro atoms. The molecule has 0 saturated heterocycles. The van der Waals surface area contributed by atoms with E-state index in [2.05, 4.69) is 43.4 Å². The van der Waals surface area contributed by atoms with Gasteiger partial charge in [0, 0.05) is 32.7 Å². The molecule has 3 heteroatoms. The Labute approximate surface area is 110 Å². The molecule has 0 aliphatic heterocycles. The van der Waals surface area contributed by atoms with Crippen LogP contribution < -0.4 is 5.32 Å². The van der Waals surface area contributed by atoms with Crippen molar-refractivity contribution in [3.63, 3.8) is 0 Å². The van der Waals surface area contributed by atoms with Crippen molar-refractivity contribution in [3.05, 3.63) is 29.8 Å². The van der Waals surface area contributed by atoms with Crippen LogP contribution in [0.25, 0.3) is 0 Å². The molecular formula is C15H24N2O. The number of anilines is 1. The molecule has 0 aromatic heterocycles. The monoisotopic (exact) mass is 248 g/mol. The summed E-state index contributed by atoms with van der Waals surface area (Å²) in [5, 5.41) is 3.33. The first-order valence-corrected chi connectivity index (χ1v) is 6.54. The van der Waals surface area contributed by atoms with Crippen LogP contribution >= 0.6 is 0 Å². The zero-order chi connectivity index (χ0) is 13.5. The second-order valence-electron chi connectivity index (χ2n) is 5.10. The van der Waals surface area contributed by atoms with E-state index in [1.165, 1.54) is 5.56 Å². The zero-order valence-electron chi connectivity index (χ0n) is 11.9.